The predicted molar refractivity (Wildman–Crippen MR) is 98.4 cm³/mol. The molecule has 1 fully saturated rings. The SMILES string of the molecule is CC1Oc2ccccc2C=C1C=NNC(=O)[C@H]1C[C@@H]1c1ccccc1. The van der Waals surface area contributed by atoms with Crippen molar-refractivity contribution < 1.29 is 9.53 Å². The van der Waals surface area contributed by atoms with Crippen molar-refractivity contribution in [3.05, 3.63) is 71.3 Å². The monoisotopic (exact) mass is 332 g/mol. The largest absolute Gasteiger partial charge is 0.485 e. The number of ether oxygens (including phenoxy) is 1. The van der Waals surface area contributed by atoms with E-state index in [1.807, 2.05) is 55.5 Å². The van der Waals surface area contributed by atoms with Crippen molar-refractivity contribution in [1.29, 1.82) is 0 Å². The maximum Gasteiger partial charge on any atom is 0.243 e. The van der Waals surface area contributed by atoms with Gasteiger partial charge in [-0.05, 0) is 37.0 Å². The quantitative estimate of drug-likeness (QED) is 0.685. The van der Waals surface area contributed by atoms with Gasteiger partial charge >= 0.3 is 0 Å². The maximum absolute atomic E-state index is 12.2. The van der Waals surface area contributed by atoms with Gasteiger partial charge in [-0.1, -0.05) is 48.5 Å². The molecule has 2 aromatic rings. The number of benzene rings is 2. The average Bonchev–Trinajstić information content (AvgIpc) is 3.44. The van der Waals surface area contributed by atoms with Gasteiger partial charge in [0.25, 0.3) is 0 Å². The third-order valence-electron chi connectivity index (χ3n) is 4.76. The molecule has 1 saturated carbocycles. The van der Waals surface area contributed by atoms with E-state index in [-0.39, 0.29) is 17.9 Å². The molecule has 0 bridgehead atoms. The van der Waals surface area contributed by atoms with Gasteiger partial charge in [0.2, 0.25) is 5.91 Å². The standard InChI is InChI=1S/C21H20N2O2/c1-14-17(11-16-9-5-6-10-20(16)25-14)13-22-23-21(24)19-12-18(19)15-7-3-2-4-8-15/h2-11,13-14,18-19H,12H2,1H3,(H,23,24)/t14?,18-,19+/m1/s1. The number of para-hydroxylation sites is 1. The van der Waals surface area contributed by atoms with E-state index in [0.717, 1.165) is 23.3 Å². The fraction of sp³-hybridized carbons (Fsp3) is 0.238. The van der Waals surface area contributed by atoms with Gasteiger partial charge in [0.15, 0.2) is 0 Å². The zero-order chi connectivity index (χ0) is 17.2. The summed E-state index contributed by atoms with van der Waals surface area (Å²) in [6, 6.07) is 18.0. The molecule has 0 spiro atoms. The van der Waals surface area contributed by atoms with E-state index in [2.05, 4.69) is 22.7 Å². The highest BCUT2D eigenvalue weighted by Gasteiger charge is 2.43. The molecule has 0 saturated heterocycles. The minimum atomic E-state index is -0.0893. The number of nitrogens with one attached hydrogen (secondary N) is 1. The Morgan fingerprint density at radius 1 is 1.16 bits per heavy atom. The number of fused-ring (bicyclic) bond motifs is 1. The molecule has 1 aliphatic heterocycles. The van der Waals surface area contributed by atoms with Gasteiger partial charge < -0.3 is 4.74 Å². The topological polar surface area (TPSA) is 50.7 Å². The molecular weight excluding hydrogens is 312 g/mol. The maximum atomic E-state index is 12.2. The molecule has 3 atom stereocenters. The summed E-state index contributed by atoms with van der Waals surface area (Å²) in [6.45, 7) is 1.97. The van der Waals surface area contributed by atoms with Crippen molar-refractivity contribution in [3.8, 4) is 5.75 Å². The summed E-state index contributed by atoms with van der Waals surface area (Å²) in [5.41, 5.74) is 5.86. The molecular formula is C21H20N2O2. The first-order valence-electron chi connectivity index (χ1n) is 8.57. The molecule has 1 heterocycles. The first-order valence-corrected chi connectivity index (χ1v) is 8.57. The Balaban J connectivity index is 1.37. The lowest BCUT2D eigenvalue weighted by Crippen LogP contribution is -2.23. The average molecular weight is 332 g/mol. The molecule has 0 aromatic heterocycles. The van der Waals surface area contributed by atoms with E-state index in [0.29, 0.717) is 5.92 Å². The van der Waals surface area contributed by atoms with Gasteiger partial charge in [0.1, 0.15) is 11.9 Å². The minimum Gasteiger partial charge on any atom is -0.485 e. The number of hydrogen-bond acceptors (Lipinski definition) is 3. The number of carbonyl (C=O) groups is 1. The highest BCUT2D eigenvalue weighted by atomic mass is 16.5. The molecule has 1 N–H and O–H groups in total. The van der Waals surface area contributed by atoms with Crippen LogP contribution in [0.3, 0.4) is 0 Å². The third kappa shape index (κ3) is 3.33. The number of hydrazone groups is 1. The van der Waals surface area contributed by atoms with E-state index < -0.39 is 0 Å². The normalized spacial score (nSPS) is 24.2. The van der Waals surface area contributed by atoms with Crippen molar-refractivity contribution in [2.24, 2.45) is 11.0 Å². The number of amides is 1. The minimum absolute atomic E-state index is 0.0181. The Bertz CT molecular complexity index is 842. The van der Waals surface area contributed by atoms with Crippen LogP contribution in [0.25, 0.3) is 6.08 Å². The van der Waals surface area contributed by atoms with Crippen LogP contribution in [-0.4, -0.2) is 18.2 Å². The van der Waals surface area contributed by atoms with Crippen LogP contribution in [0.5, 0.6) is 5.75 Å². The molecule has 4 rings (SSSR count). The van der Waals surface area contributed by atoms with E-state index in [1.165, 1.54) is 5.56 Å². The van der Waals surface area contributed by atoms with Crippen LogP contribution in [0.15, 0.2) is 65.3 Å². The van der Waals surface area contributed by atoms with Gasteiger partial charge in [-0.3, -0.25) is 4.79 Å². The summed E-state index contributed by atoms with van der Waals surface area (Å²) in [6.07, 6.45) is 4.52. The van der Waals surface area contributed by atoms with E-state index in [4.69, 9.17) is 4.74 Å². The molecule has 0 radical (unpaired) electrons. The summed E-state index contributed by atoms with van der Waals surface area (Å²) in [4.78, 5) is 12.2. The van der Waals surface area contributed by atoms with Crippen LogP contribution in [0.4, 0.5) is 0 Å². The van der Waals surface area contributed by atoms with Gasteiger partial charge in [0, 0.05) is 17.1 Å². The number of nitrogens with zero attached hydrogens (tertiary/aromatic N) is 1. The molecule has 4 nitrogen and oxygen atoms in total. The predicted octanol–water partition coefficient (Wildman–Crippen LogP) is 3.76. The fourth-order valence-corrected chi connectivity index (χ4v) is 3.21. The highest BCUT2D eigenvalue weighted by Crippen LogP contribution is 2.47. The zero-order valence-electron chi connectivity index (χ0n) is 14.1. The first-order chi connectivity index (χ1) is 12.2. The molecule has 25 heavy (non-hydrogen) atoms. The van der Waals surface area contributed by atoms with Crippen molar-refractivity contribution in [1.82, 2.24) is 5.43 Å². The molecule has 4 heteroatoms. The lowest BCUT2D eigenvalue weighted by atomic mass is 10.0. The van der Waals surface area contributed by atoms with E-state index in [1.54, 1.807) is 6.21 Å². The lowest BCUT2D eigenvalue weighted by molar-refractivity contribution is -0.122. The van der Waals surface area contributed by atoms with Crippen LogP contribution in [0, 0.1) is 5.92 Å². The van der Waals surface area contributed by atoms with Gasteiger partial charge in [-0.15, -0.1) is 0 Å². The molecule has 2 aliphatic rings. The lowest BCUT2D eigenvalue weighted by Gasteiger charge is -2.22. The Kier molecular flexibility index (Phi) is 4.10. The van der Waals surface area contributed by atoms with Crippen molar-refractivity contribution in [2.75, 3.05) is 0 Å². The van der Waals surface area contributed by atoms with Gasteiger partial charge in [-0.2, -0.15) is 5.10 Å². The summed E-state index contributed by atoms with van der Waals surface area (Å²) >= 11 is 0. The third-order valence-corrected chi connectivity index (χ3v) is 4.76. The van der Waals surface area contributed by atoms with Crippen LogP contribution >= 0.6 is 0 Å². The van der Waals surface area contributed by atoms with E-state index >= 15 is 0 Å². The number of rotatable bonds is 4. The van der Waals surface area contributed by atoms with E-state index in [9.17, 15) is 4.79 Å². The second kappa shape index (κ2) is 6.55. The summed E-state index contributed by atoms with van der Waals surface area (Å²) in [7, 11) is 0. The van der Waals surface area contributed by atoms with Crippen molar-refractivity contribution in [2.45, 2.75) is 25.4 Å². The Morgan fingerprint density at radius 2 is 1.92 bits per heavy atom. The van der Waals surface area contributed by atoms with Crippen LogP contribution in [0.1, 0.15) is 30.4 Å². The van der Waals surface area contributed by atoms with Crippen LogP contribution in [0.2, 0.25) is 0 Å². The van der Waals surface area contributed by atoms with Crippen molar-refractivity contribution in [3.63, 3.8) is 0 Å². The van der Waals surface area contributed by atoms with Gasteiger partial charge in [-0.25, -0.2) is 5.43 Å². The Morgan fingerprint density at radius 3 is 2.76 bits per heavy atom. The summed E-state index contributed by atoms with van der Waals surface area (Å²) in [5, 5.41) is 4.13. The molecule has 1 amide bonds. The second-order valence-corrected chi connectivity index (χ2v) is 6.54. The smallest absolute Gasteiger partial charge is 0.243 e. The fourth-order valence-electron chi connectivity index (χ4n) is 3.21. The Hall–Kier alpha value is -2.88. The number of carbonyl (C=O) groups excluding carboxylic acids is 1. The highest BCUT2D eigenvalue weighted by molar-refractivity contribution is 5.90. The molecule has 1 unspecified atom stereocenters. The zero-order valence-corrected chi connectivity index (χ0v) is 14.1. The van der Waals surface area contributed by atoms with Crippen molar-refractivity contribution >= 4 is 18.2 Å². The second-order valence-electron chi connectivity index (χ2n) is 6.54. The number of hydrogen-bond donors (Lipinski definition) is 1. The van der Waals surface area contributed by atoms with Gasteiger partial charge in [0.05, 0.1) is 6.21 Å². The summed E-state index contributed by atoms with van der Waals surface area (Å²) < 4.78 is 5.86. The molecule has 1 aliphatic carbocycles. The Labute approximate surface area is 147 Å². The van der Waals surface area contributed by atoms with Crippen LogP contribution < -0.4 is 10.2 Å². The first kappa shape index (κ1) is 15.6. The van der Waals surface area contributed by atoms with Crippen LogP contribution in [-0.2, 0) is 4.79 Å². The molecule has 2 aromatic carbocycles. The summed E-state index contributed by atoms with van der Waals surface area (Å²) in [5.74, 6) is 1.20. The molecule has 126 valence electrons.